The first-order valence-electron chi connectivity index (χ1n) is 6.91. The highest BCUT2D eigenvalue weighted by Crippen LogP contribution is 2.18. The van der Waals surface area contributed by atoms with Crippen LogP contribution in [0.2, 0.25) is 0 Å². The highest BCUT2D eigenvalue weighted by molar-refractivity contribution is 5.85. The Bertz CT molecular complexity index is 587. The van der Waals surface area contributed by atoms with Gasteiger partial charge < -0.3 is 10.1 Å². The highest BCUT2D eigenvalue weighted by atomic mass is 16.5. The monoisotopic (exact) mass is 271 g/mol. The van der Waals surface area contributed by atoms with Crippen molar-refractivity contribution < 1.29 is 9.53 Å². The second-order valence-corrected chi connectivity index (χ2v) is 5.26. The molecule has 106 valence electrons. The summed E-state index contributed by atoms with van der Waals surface area (Å²) in [6, 6.07) is 14.2. The number of benzene rings is 2. The standard InChI is InChI=1S/C17H21NO2/c1-12(2)16(17(19)20-3)18-11-14-9-6-8-13-7-4-5-10-15(13)14/h4-10,12,16,18H,11H2,1-3H3. The third-order valence-corrected chi connectivity index (χ3v) is 3.51. The van der Waals surface area contributed by atoms with Crippen LogP contribution in [0.1, 0.15) is 19.4 Å². The van der Waals surface area contributed by atoms with Crippen LogP contribution in [0.5, 0.6) is 0 Å². The van der Waals surface area contributed by atoms with Crippen LogP contribution in [0.15, 0.2) is 42.5 Å². The molecule has 0 fully saturated rings. The molecule has 0 saturated carbocycles. The molecule has 20 heavy (non-hydrogen) atoms. The van der Waals surface area contributed by atoms with E-state index >= 15 is 0 Å². The molecule has 0 radical (unpaired) electrons. The lowest BCUT2D eigenvalue weighted by atomic mass is 10.0. The fourth-order valence-electron chi connectivity index (χ4n) is 2.38. The number of fused-ring (bicyclic) bond motifs is 1. The Hall–Kier alpha value is -1.87. The van der Waals surface area contributed by atoms with E-state index in [0.717, 1.165) is 0 Å². The maximum absolute atomic E-state index is 11.8. The average Bonchev–Trinajstić information content (AvgIpc) is 2.47. The Kier molecular flexibility index (Phi) is 4.74. The number of carbonyl (C=O) groups is 1. The van der Waals surface area contributed by atoms with Crippen LogP contribution in [-0.4, -0.2) is 19.1 Å². The molecule has 2 aromatic rings. The van der Waals surface area contributed by atoms with Crippen molar-refractivity contribution in [3.8, 4) is 0 Å². The van der Waals surface area contributed by atoms with Crippen molar-refractivity contribution in [2.45, 2.75) is 26.4 Å². The summed E-state index contributed by atoms with van der Waals surface area (Å²) in [5.74, 6) is -0.0161. The van der Waals surface area contributed by atoms with E-state index < -0.39 is 0 Å². The smallest absolute Gasteiger partial charge is 0.323 e. The minimum Gasteiger partial charge on any atom is -0.468 e. The number of methoxy groups -OCH3 is 1. The molecular weight excluding hydrogens is 250 g/mol. The molecule has 0 aliphatic rings. The number of rotatable bonds is 5. The lowest BCUT2D eigenvalue weighted by Gasteiger charge is -2.20. The van der Waals surface area contributed by atoms with Crippen molar-refractivity contribution in [2.24, 2.45) is 5.92 Å². The second-order valence-electron chi connectivity index (χ2n) is 5.26. The van der Waals surface area contributed by atoms with Crippen molar-refractivity contribution in [1.29, 1.82) is 0 Å². The van der Waals surface area contributed by atoms with Gasteiger partial charge in [-0.25, -0.2) is 0 Å². The minimum atomic E-state index is -0.279. The summed E-state index contributed by atoms with van der Waals surface area (Å²) in [5, 5.41) is 5.74. The Morgan fingerprint density at radius 3 is 2.55 bits per heavy atom. The van der Waals surface area contributed by atoms with Crippen LogP contribution >= 0.6 is 0 Å². The van der Waals surface area contributed by atoms with Gasteiger partial charge in [0.2, 0.25) is 0 Å². The van der Waals surface area contributed by atoms with Crippen LogP contribution < -0.4 is 5.32 Å². The number of ether oxygens (including phenoxy) is 1. The maximum Gasteiger partial charge on any atom is 0.323 e. The topological polar surface area (TPSA) is 38.3 Å². The zero-order chi connectivity index (χ0) is 14.5. The summed E-state index contributed by atoms with van der Waals surface area (Å²) in [6.45, 7) is 4.68. The Balaban J connectivity index is 2.18. The molecule has 0 heterocycles. The van der Waals surface area contributed by atoms with Crippen molar-refractivity contribution in [1.82, 2.24) is 5.32 Å². The highest BCUT2D eigenvalue weighted by Gasteiger charge is 2.22. The first kappa shape index (κ1) is 14.5. The summed E-state index contributed by atoms with van der Waals surface area (Å²) >= 11 is 0. The van der Waals surface area contributed by atoms with E-state index in [4.69, 9.17) is 4.74 Å². The van der Waals surface area contributed by atoms with Gasteiger partial charge >= 0.3 is 5.97 Å². The quantitative estimate of drug-likeness (QED) is 0.849. The number of hydrogen-bond donors (Lipinski definition) is 1. The predicted octanol–water partition coefficient (Wildman–Crippen LogP) is 3.13. The number of hydrogen-bond acceptors (Lipinski definition) is 3. The van der Waals surface area contributed by atoms with Gasteiger partial charge in [-0.15, -0.1) is 0 Å². The molecule has 3 nitrogen and oxygen atoms in total. The van der Waals surface area contributed by atoms with Crippen molar-refractivity contribution in [3.05, 3.63) is 48.0 Å². The van der Waals surface area contributed by atoms with Gasteiger partial charge in [-0.2, -0.15) is 0 Å². The Morgan fingerprint density at radius 1 is 1.15 bits per heavy atom. The van der Waals surface area contributed by atoms with Gasteiger partial charge in [-0.3, -0.25) is 4.79 Å². The van der Waals surface area contributed by atoms with E-state index in [9.17, 15) is 4.79 Å². The zero-order valence-corrected chi connectivity index (χ0v) is 12.2. The van der Waals surface area contributed by atoms with Crippen molar-refractivity contribution in [3.63, 3.8) is 0 Å². The van der Waals surface area contributed by atoms with Gasteiger partial charge in [0.1, 0.15) is 6.04 Å². The molecule has 0 saturated heterocycles. The molecule has 0 spiro atoms. The van der Waals surface area contributed by atoms with Crippen LogP contribution in [0.3, 0.4) is 0 Å². The van der Waals surface area contributed by atoms with Crippen LogP contribution in [-0.2, 0) is 16.1 Å². The first-order valence-corrected chi connectivity index (χ1v) is 6.91. The summed E-state index contributed by atoms with van der Waals surface area (Å²) in [4.78, 5) is 11.8. The second kappa shape index (κ2) is 6.53. The SMILES string of the molecule is COC(=O)C(NCc1cccc2ccccc12)C(C)C. The third-order valence-electron chi connectivity index (χ3n) is 3.51. The van der Waals surface area contributed by atoms with Crippen LogP contribution in [0.25, 0.3) is 10.8 Å². The first-order chi connectivity index (χ1) is 9.63. The van der Waals surface area contributed by atoms with Gasteiger partial charge in [0.15, 0.2) is 0 Å². The minimum absolute atomic E-state index is 0.192. The van der Waals surface area contributed by atoms with Gasteiger partial charge in [-0.05, 0) is 22.3 Å². The fraction of sp³-hybridized carbons (Fsp3) is 0.353. The van der Waals surface area contributed by atoms with E-state index in [1.54, 1.807) is 0 Å². The van der Waals surface area contributed by atoms with Crippen molar-refractivity contribution in [2.75, 3.05) is 7.11 Å². The van der Waals surface area contributed by atoms with E-state index in [1.807, 2.05) is 32.0 Å². The van der Waals surface area contributed by atoms with Gasteiger partial charge in [-0.1, -0.05) is 56.3 Å². The van der Waals surface area contributed by atoms with E-state index in [2.05, 4.69) is 29.6 Å². The molecule has 0 bridgehead atoms. The van der Waals surface area contributed by atoms with Gasteiger partial charge in [0.05, 0.1) is 7.11 Å². The average molecular weight is 271 g/mol. The molecule has 2 aromatic carbocycles. The van der Waals surface area contributed by atoms with Gasteiger partial charge in [0.25, 0.3) is 0 Å². The summed E-state index contributed by atoms with van der Waals surface area (Å²) in [7, 11) is 1.43. The van der Waals surface area contributed by atoms with E-state index in [0.29, 0.717) is 6.54 Å². The number of carbonyl (C=O) groups excluding carboxylic acids is 1. The van der Waals surface area contributed by atoms with Crippen molar-refractivity contribution >= 4 is 16.7 Å². The summed E-state index contributed by atoms with van der Waals surface area (Å²) in [6.07, 6.45) is 0. The molecule has 3 heteroatoms. The molecule has 1 atom stereocenters. The predicted molar refractivity (Wildman–Crippen MR) is 81.4 cm³/mol. The summed E-state index contributed by atoms with van der Waals surface area (Å²) < 4.78 is 4.85. The molecule has 1 unspecified atom stereocenters. The lowest BCUT2D eigenvalue weighted by molar-refractivity contribution is -0.144. The largest absolute Gasteiger partial charge is 0.468 e. The lowest BCUT2D eigenvalue weighted by Crippen LogP contribution is -2.41. The molecule has 0 aromatic heterocycles. The Labute approximate surface area is 119 Å². The third kappa shape index (κ3) is 3.17. The molecule has 1 N–H and O–H groups in total. The fourth-order valence-corrected chi connectivity index (χ4v) is 2.38. The number of esters is 1. The molecule has 0 amide bonds. The molecule has 0 aliphatic heterocycles. The maximum atomic E-state index is 11.8. The summed E-state index contributed by atoms with van der Waals surface area (Å²) in [5.41, 5.74) is 1.19. The van der Waals surface area contributed by atoms with Crippen LogP contribution in [0.4, 0.5) is 0 Å². The van der Waals surface area contributed by atoms with Gasteiger partial charge in [0, 0.05) is 6.54 Å². The van der Waals surface area contributed by atoms with E-state index in [-0.39, 0.29) is 17.9 Å². The zero-order valence-electron chi connectivity index (χ0n) is 12.2. The Morgan fingerprint density at radius 2 is 1.85 bits per heavy atom. The number of nitrogens with one attached hydrogen (secondary N) is 1. The van der Waals surface area contributed by atoms with Crippen LogP contribution in [0, 0.1) is 5.92 Å². The van der Waals surface area contributed by atoms with E-state index in [1.165, 1.54) is 23.4 Å². The molecule has 2 rings (SSSR count). The normalized spacial score (nSPS) is 12.6. The molecule has 0 aliphatic carbocycles. The molecular formula is C17H21NO2.